The molecule has 0 spiro atoms. The molecular formula is C25H26OP+. The van der Waals surface area contributed by atoms with Crippen molar-refractivity contribution < 1.29 is 4.74 Å². The van der Waals surface area contributed by atoms with Crippen LogP contribution in [0.3, 0.4) is 0 Å². The van der Waals surface area contributed by atoms with Crippen molar-refractivity contribution in [2.24, 2.45) is 0 Å². The van der Waals surface area contributed by atoms with Crippen LogP contribution in [0.4, 0.5) is 0 Å². The quantitative estimate of drug-likeness (QED) is 0.556. The lowest BCUT2D eigenvalue weighted by Crippen LogP contribution is -2.32. The number of hydrogen-bond acceptors (Lipinski definition) is 1. The summed E-state index contributed by atoms with van der Waals surface area (Å²) in [6.07, 6.45) is 3.41. The van der Waals surface area contributed by atoms with E-state index < -0.39 is 7.26 Å². The molecule has 1 aliphatic heterocycles. The molecule has 0 aromatic heterocycles. The fourth-order valence-electron chi connectivity index (χ4n) is 4.11. The second-order valence-corrected chi connectivity index (χ2v) is 10.6. The highest BCUT2D eigenvalue weighted by molar-refractivity contribution is 7.99. The first-order valence-corrected chi connectivity index (χ1v) is 11.5. The number of rotatable bonds is 4. The normalized spacial score (nSPS) is 16.5. The summed E-state index contributed by atoms with van der Waals surface area (Å²) < 4.78 is 6.22. The van der Waals surface area contributed by atoms with Gasteiger partial charge in [-0.25, -0.2) is 0 Å². The predicted molar refractivity (Wildman–Crippen MR) is 118 cm³/mol. The molecule has 4 rings (SSSR count). The Bertz CT molecular complexity index is 796. The van der Waals surface area contributed by atoms with E-state index in [1.807, 2.05) is 0 Å². The van der Waals surface area contributed by atoms with Crippen molar-refractivity contribution in [1.29, 1.82) is 0 Å². The molecule has 1 nitrogen and oxygen atoms in total. The molecule has 27 heavy (non-hydrogen) atoms. The van der Waals surface area contributed by atoms with Gasteiger partial charge in [0.1, 0.15) is 34.2 Å². The number of ether oxygens (including phenoxy) is 1. The van der Waals surface area contributed by atoms with Gasteiger partial charge in [0.2, 0.25) is 0 Å². The van der Waals surface area contributed by atoms with E-state index >= 15 is 0 Å². The van der Waals surface area contributed by atoms with Crippen molar-refractivity contribution in [2.45, 2.75) is 26.2 Å². The van der Waals surface area contributed by atoms with Gasteiger partial charge in [0, 0.05) is 6.42 Å². The van der Waals surface area contributed by atoms with Gasteiger partial charge in [-0.05, 0) is 56.2 Å². The zero-order valence-corrected chi connectivity index (χ0v) is 16.7. The summed E-state index contributed by atoms with van der Waals surface area (Å²) >= 11 is 0. The third-order valence-corrected chi connectivity index (χ3v) is 9.89. The largest absolute Gasteiger partial charge is 0.494 e. The molecule has 0 N–H and O–H groups in total. The van der Waals surface area contributed by atoms with Crippen LogP contribution in [0.5, 0.6) is 0 Å². The predicted octanol–water partition coefficient (Wildman–Crippen LogP) is 5.41. The molecule has 0 bridgehead atoms. The molecule has 0 saturated carbocycles. The van der Waals surface area contributed by atoms with Gasteiger partial charge in [-0.1, -0.05) is 54.6 Å². The number of allylic oxidation sites excluding steroid dienone is 2. The SMILES string of the molecule is C/C(=C1/CCCCO1)[P+](c1ccccc1)(c1ccccc1)c1ccccc1. The molecule has 3 aromatic carbocycles. The van der Waals surface area contributed by atoms with Gasteiger partial charge in [-0.2, -0.15) is 0 Å². The molecule has 3 aromatic rings. The third kappa shape index (κ3) is 3.33. The van der Waals surface area contributed by atoms with E-state index in [1.54, 1.807) is 0 Å². The van der Waals surface area contributed by atoms with Gasteiger partial charge in [0.15, 0.2) is 0 Å². The van der Waals surface area contributed by atoms with Gasteiger partial charge in [-0.3, -0.25) is 0 Å². The van der Waals surface area contributed by atoms with E-state index in [1.165, 1.54) is 33.4 Å². The molecule has 0 radical (unpaired) electrons. The zero-order chi connectivity index (χ0) is 18.5. The Balaban J connectivity index is 2.07. The Morgan fingerprint density at radius 1 is 0.667 bits per heavy atom. The average molecular weight is 373 g/mol. The maximum absolute atomic E-state index is 6.22. The van der Waals surface area contributed by atoms with Crippen LogP contribution < -0.4 is 15.9 Å². The topological polar surface area (TPSA) is 9.23 Å². The number of hydrogen-bond donors (Lipinski definition) is 0. The van der Waals surface area contributed by atoms with Crippen LogP contribution in [0.25, 0.3) is 0 Å². The van der Waals surface area contributed by atoms with E-state index in [9.17, 15) is 0 Å². The average Bonchev–Trinajstić information content (AvgIpc) is 2.77. The van der Waals surface area contributed by atoms with Crippen LogP contribution in [-0.4, -0.2) is 6.61 Å². The molecule has 1 saturated heterocycles. The Morgan fingerprint density at radius 3 is 1.48 bits per heavy atom. The summed E-state index contributed by atoms with van der Waals surface area (Å²) in [5.74, 6) is 1.20. The third-order valence-electron chi connectivity index (χ3n) is 5.41. The summed E-state index contributed by atoms with van der Waals surface area (Å²) in [7, 11) is -1.96. The van der Waals surface area contributed by atoms with Crippen LogP contribution >= 0.6 is 7.26 Å². The molecule has 0 atom stereocenters. The van der Waals surface area contributed by atoms with E-state index in [0.717, 1.165) is 19.4 Å². The van der Waals surface area contributed by atoms with Crippen molar-refractivity contribution in [3.05, 3.63) is 102 Å². The Hall–Kier alpha value is -2.37. The van der Waals surface area contributed by atoms with Crippen LogP contribution in [-0.2, 0) is 4.74 Å². The van der Waals surface area contributed by atoms with Gasteiger partial charge < -0.3 is 4.74 Å². The lowest BCUT2D eigenvalue weighted by atomic mass is 10.2. The fourth-order valence-corrected chi connectivity index (χ4v) is 8.58. The second-order valence-electron chi connectivity index (χ2n) is 6.99. The molecule has 1 aliphatic rings. The molecule has 0 unspecified atom stereocenters. The van der Waals surface area contributed by atoms with Crippen molar-refractivity contribution in [2.75, 3.05) is 6.61 Å². The molecule has 136 valence electrons. The van der Waals surface area contributed by atoms with Gasteiger partial charge in [-0.15, -0.1) is 0 Å². The monoisotopic (exact) mass is 373 g/mol. The second kappa shape index (κ2) is 8.11. The van der Waals surface area contributed by atoms with Crippen LogP contribution in [0.15, 0.2) is 102 Å². The summed E-state index contributed by atoms with van der Waals surface area (Å²) in [6.45, 7) is 3.15. The maximum atomic E-state index is 6.22. The van der Waals surface area contributed by atoms with Crippen molar-refractivity contribution in [1.82, 2.24) is 0 Å². The van der Waals surface area contributed by atoms with E-state index in [-0.39, 0.29) is 0 Å². The highest BCUT2D eigenvalue weighted by atomic mass is 31.2. The van der Waals surface area contributed by atoms with E-state index in [0.29, 0.717) is 0 Å². The fraction of sp³-hybridized carbons (Fsp3) is 0.200. The first-order valence-electron chi connectivity index (χ1n) is 9.72. The first-order chi connectivity index (χ1) is 13.3. The Labute approximate surface area is 163 Å². The Morgan fingerprint density at radius 2 is 1.11 bits per heavy atom. The molecule has 1 heterocycles. The van der Waals surface area contributed by atoms with Gasteiger partial charge in [0.25, 0.3) is 0 Å². The molecule has 1 fully saturated rings. The minimum absolute atomic E-state index is 0.838. The van der Waals surface area contributed by atoms with E-state index in [4.69, 9.17) is 4.74 Å². The van der Waals surface area contributed by atoms with Crippen LogP contribution in [0.2, 0.25) is 0 Å². The molecule has 0 amide bonds. The van der Waals surface area contributed by atoms with Crippen molar-refractivity contribution >= 4 is 23.2 Å². The van der Waals surface area contributed by atoms with Gasteiger partial charge in [0.05, 0.1) is 6.61 Å². The number of benzene rings is 3. The van der Waals surface area contributed by atoms with E-state index in [2.05, 4.69) is 97.9 Å². The Kier molecular flexibility index (Phi) is 5.41. The minimum Gasteiger partial charge on any atom is -0.494 e. The van der Waals surface area contributed by atoms with Crippen LogP contribution in [0.1, 0.15) is 26.2 Å². The highest BCUT2D eigenvalue weighted by Crippen LogP contribution is 2.63. The summed E-state index contributed by atoms with van der Waals surface area (Å²) in [5.41, 5.74) is 0. The summed E-state index contributed by atoms with van der Waals surface area (Å²) in [4.78, 5) is 0. The van der Waals surface area contributed by atoms with Crippen molar-refractivity contribution in [3.8, 4) is 0 Å². The lowest BCUT2D eigenvalue weighted by molar-refractivity contribution is 0.164. The van der Waals surface area contributed by atoms with Crippen molar-refractivity contribution in [3.63, 3.8) is 0 Å². The zero-order valence-electron chi connectivity index (χ0n) is 15.8. The maximum Gasteiger partial charge on any atom is 0.143 e. The standard InChI is InChI=1S/C25H26OP/c1-21(25-19-11-12-20-26-25)27(22-13-5-2-6-14-22,23-15-7-3-8-16-23)24-17-9-4-10-18-24/h2-10,13-18H,11-12,19-20H2,1H3/q+1/b25-21+. The first kappa shape index (κ1) is 18.0. The smallest absolute Gasteiger partial charge is 0.143 e. The summed E-state index contributed by atoms with van der Waals surface area (Å²) in [5, 5.41) is 5.58. The highest BCUT2D eigenvalue weighted by Gasteiger charge is 2.49. The van der Waals surface area contributed by atoms with Gasteiger partial charge >= 0.3 is 0 Å². The summed E-state index contributed by atoms with van der Waals surface area (Å²) in [6, 6.07) is 33.0. The van der Waals surface area contributed by atoms with Crippen LogP contribution in [0, 0.1) is 0 Å². The minimum atomic E-state index is -1.96. The molecule has 2 heteroatoms. The molecule has 0 aliphatic carbocycles. The lowest BCUT2D eigenvalue weighted by Gasteiger charge is -2.30. The molecular weight excluding hydrogens is 347 g/mol.